The van der Waals surface area contributed by atoms with E-state index < -0.39 is 56.3 Å². The number of benzene rings is 1. The summed E-state index contributed by atoms with van der Waals surface area (Å²) in [4.78, 5) is 27.3. The van der Waals surface area contributed by atoms with Gasteiger partial charge in [0.15, 0.2) is 0 Å². The number of ether oxygens (including phenoxy) is 1. The summed E-state index contributed by atoms with van der Waals surface area (Å²) in [6, 6.07) is 7.19. The number of carbonyl (C=O) groups excluding carboxylic acids is 2. The lowest BCUT2D eigenvalue weighted by Gasteiger charge is -2.27. The average molecular weight is 566 g/mol. The van der Waals surface area contributed by atoms with Crippen molar-refractivity contribution < 1.29 is 37.5 Å². The quantitative estimate of drug-likeness (QED) is 0.110. The summed E-state index contributed by atoms with van der Waals surface area (Å²) in [6.07, 6.45) is -2.67. The fourth-order valence-corrected chi connectivity index (χ4v) is 4.45. The van der Waals surface area contributed by atoms with Crippen LogP contribution in [0.2, 0.25) is 0 Å². The van der Waals surface area contributed by atoms with Gasteiger partial charge in [-0.05, 0) is 42.7 Å². The van der Waals surface area contributed by atoms with E-state index in [1.54, 1.807) is 18.2 Å². The fraction of sp³-hybridized carbons (Fsp3) is 0.593. The molecular formula is C27H38BF3N4O5. The Labute approximate surface area is 233 Å². The van der Waals surface area contributed by atoms with Crippen LogP contribution in [0.3, 0.4) is 0 Å². The normalized spacial score (nSPS) is 18.0. The molecule has 1 saturated heterocycles. The van der Waals surface area contributed by atoms with Crippen LogP contribution in [0.15, 0.2) is 35.9 Å². The number of nitriles is 1. The Morgan fingerprint density at radius 2 is 1.98 bits per heavy atom. The van der Waals surface area contributed by atoms with E-state index in [9.17, 15) is 38.1 Å². The number of hydrogen-bond acceptors (Lipinski definition) is 7. The zero-order chi connectivity index (χ0) is 29.8. The molecule has 1 aliphatic heterocycles. The second-order valence-corrected chi connectivity index (χ2v) is 10.1. The van der Waals surface area contributed by atoms with Crippen LogP contribution in [0.1, 0.15) is 44.7 Å². The van der Waals surface area contributed by atoms with Crippen molar-refractivity contribution in [3.05, 3.63) is 47.0 Å². The van der Waals surface area contributed by atoms with Gasteiger partial charge in [-0.2, -0.15) is 5.26 Å². The van der Waals surface area contributed by atoms with Gasteiger partial charge in [0, 0.05) is 6.54 Å². The molecule has 1 aliphatic rings. The molecule has 1 aromatic rings. The molecule has 0 aromatic heterocycles. The van der Waals surface area contributed by atoms with Crippen molar-refractivity contribution in [3.63, 3.8) is 0 Å². The number of hydrogen-bond donors (Lipinski definition) is 4. The summed E-state index contributed by atoms with van der Waals surface area (Å²) in [5, 5.41) is 33.4. The number of nitrogens with one attached hydrogen (secondary N) is 2. The minimum absolute atomic E-state index is 0.0103. The molecule has 9 nitrogen and oxygen atoms in total. The van der Waals surface area contributed by atoms with Crippen LogP contribution in [0.4, 0.5) is 13.2 Å². The molecular weight excluding hydrogens is 528 g/mol. The Hall–Kier alpha value is -2.92. The number of alkyl halides is 3. The third-order valence-electron chi connectivity index (χ3n) is 6.52. The lowest BCUT2D eigenvalue weighted by atomic mass is 9.75. The van der Waals surface area contributed by atoms with Gasteiger partial charge in [0.05, 0.1) is 25.2 Å². The van der Waals surface area contributed by atoms with Gasteiger partial charge in [0.25, 0.3) is 12.3 Å². The number of allylic oxidation sites excluding steroid dienone is 1. The third-order valence-corrected chi connectivity index (χ3v) is 6.52. The van der Waals surface area contributed by atoms with Gasteiger partial charge in [-0.3, -0.25) is 14.9 Å². The summed E-state index contributed by atoms with van der Waals surface area (Å²) < 4.78 is 45.4. The molecule has 0 bridgehead atoms. The maximum atomic E-state index is 13.9. The van der Waals surface area contributed by atoms with Crippen molar-refractivity contribution in [2.75, 3.05) is 19.8 Å². The molecule has 0 spiro atoms. The van der Waals surface area contributed by atoms with Gasteiger partial charge in [0.1, 0.15) is 17.7 Å². The van der Waals surface area contributed by atoms with E-state index in [1.807, 2.05) is 44.3 Å². The van der Waals surface area contributed by atoms with Crippen molar-refractivity contribution in [1.82, 2.24) is 15.5 Å². The molecule has 40 heavy (non-hydrogen) atoms. The molecule has 3 unspecified atom stereocenters. The molecule has 2 rings (SSSR count). The molecule has 0 saturated carbocycles. The predicted molar refractivity (Wildman–Crippen MR) is 144 cm³/mol. The Balaban J connectivity index is 2.08. The highest BCUT2D eigenvalue weighted by Gasteiger charge is 2.34. The minimum Gasteiger partial charge on any atom is -0.426 e. The van der Waals surface area contributed by atoms with E-state index >= 15 is 0 Å². The van der Waals surface area contributed by atoms with Crippen LogP contribution < -0.4 is 10.6 Å². The summed E-state index contributed by atoms with van der Waals surface area (Å²) >= 11 is 0. The predicted octanol–water partition coefficient (Wildman–Crippen LogP) is 1.92. The van der Waals surface area contributed by atoms with E-state index in [0.717, 1.165) is 12.0 Å². The minimum atomic E-state index is -3.41. The fourth-order valence-electron chi connectivity index (χ4n) is 4.45. The molecule has 0 radical (unpaired) electrons. The first-order valence-electron chi connectivity index (χ1n) is 13.4. The molecule has 220 valence electrons. The number of halogens is 3. The van der Waals surface area contributed by atoms with E-state index in [1.165, 1.54) is 4.90 Å². The van der Waals surface area contributed by atoms with Gasteiger partial charge in [-0.25, -0.2) is 13.2 Å². The van der Waals surface area contributed by atoms with Crippen LogP contribution >= 0.6 is 0 Å². The third kappa shape index (κ3) is 10.2. The molecule has 0 aliphatic carbocycles. The molecule has 1 heterocycles. The number of amides is 2. The Kier molecular flexibility index (Phi) is 13.6. The van der Waals surface area contributed by atoms with Crippen molar-refractivity contribution in [1.29, 1.82) is 5.26 Å². The van der Waals surface area contributed by atoms with E-state index in [-0.39, 0.29) is 24.5 Å². The monoisotopic (exact) mass is 566 g/mol. The topological polar surface area (TPSA) is 135 Å². The van der Waals surface area contributed by atoms with Crippen LogP contribution in [0.25, 0.3) is 0 Å². The SMILES string of the molecule is CCc1cccc(C[C@H](NC(=O)C(COCC2CCCN2C(=O)C(C#N)=CC(C)C)NC(F)C(F)F)B(O)O)c1. The van der Waals surface area contributed by atoms with Crippen molar-refractivity contribution in [3.8, 4) is 6.07 Å². The van der Waals surface area contributed by atoms with Crippen molar-refractivity contribution in [2.24, 2.45) is 5.92 Å². The summed E-state index contributed by atoms with van der Waals surface area (Å²) in [7, 11) is -1.97. The highest BCUT2D eigenvalue weighted by atomic mass is 19.3. The maximum absolute atomic E-state index is 13.9. The van der Waals surface area contributed by atoms with E-state index in [0.29, 0.717) is 24.9 Å². The summed E-state index contributed by atoms with van der Waals surface area (Å²) in [5.41, 5.74) is 1.72. The molecule has 13 heteroatoms. The Morgan fingerprint density at radius 1 is 1.27 bits per heavy atom. The largest absolute Gasteiger partial charge is 0.475 e. The summed E-state index contributed by atoms with van der Waals surface area (Å²) in [5.74, 6) is -2.61. The first-order chi connectivity index (χ1) is 19.0. The van der Waals surface area contributed by atoms with E-state index in [4.69, 9.17) is 4.74 Å². The number of rotatable bonds is 15. The number of likely N-dealkylation sites (tertiary alicyclic amines) is 1. The zero-order valence-corrected chi connectivity index (χ0v) is 23.0. The Morgan fingerprint density at radius 3 is 2.58 bits per heavy atom. The molecule has 1 aromatic carbocycles. The second kappa shape index (κ2) is 16.4. The number of carbonyl (C=O) groups is 2. The molecule has 2 amide bonds. The van der Waals surface area contributed by atoms with Gasteiger partial charge in [0.2, 0.25) is 12.2 Å². The summed E-state index contributed by atoms with van der Waals surface area (Å²) in [6.45, 7) is 5.45. The number of nitrogens with zero attached hydrogens (tertiary/aromatic N) is 2. The zero-order valence-electron chi connectivity index (χ0n) is 23.0. The molecule has 1 fully saturated rings. The average Bonchev–Trinajstić information content (AvgIpc) is 3.38. The van der Waals surface area contributed by atoms with Crippen molar-refractivity contribution >= 4 is 18.9 Å². The van der Waals surface area contributed by atoms with Crippen LogP contribution in [0.5, 0.6) is 0 Å². The lowest BCUT2D eigenvalue weighted by Crippen LogP contribution is -2.57. The van der Waals surface area contributed by atoms with Crippen LogP contribution in [0, 0.1) is 17.2 Å². The molecule has 4 N–H and O–H groups in total. The first kappa shape index (κ1) is 33.3. The molecule has 4 atom stereocenters. The van der Waals surface area contributed by atoms with Gasteiger partial charge in [-0.1, -0.05) is 51.1 Å². The second-order valence-electron chi connectivity index (χ2n) is 10.1. The first-order valence-corrected chi connectivity index (χ1v) is 13.4. The maximum Gasteiger partial charge on any atom is 0.475 e. The standard InChI is InChI=1S/C27H38BF3N4O5/c1-4-18-7-5-8-19(12-18)13-23(28(38)39)34-26(36)22(33-25(31)24(29)30)16-40-15-21-9-6-10-35(21)27(37)20(14-32)11-17(2)3/h5,7-8,11-12,17,21-25,33,38-39H,4,6,9-10,13,15-16H2,1-3H3,(H,34,36)/t21?,22?,23-,25?/m0/s1. The van der Waals surface area contributed by atoms with Crippen molar-refractivity contribution in [2.45, 2.75) is 77.2 Å². The van der Waals surface area contributed by atoms with Crippen LogP contribution in [-0.4, -0.2) is 84.4 Å². The Bertz CT molecular complexity index is 1050. The van der Waals surface area contributed by atoms with E-state index in [2.05, 4.69) is 5.32 Å². The highest BCUT2D eigenvalue weighted by Crippen LogP contribution is 2.21. The smallest absolute Gasteiger partial charge is 0.426 e. The lowest BCUT2D eigenvalue weighted by molar-refractivity contribution is -0.130. The van der Waals surface area contributed by atoms with Gasteiger partial charge >= 0.3 is 7.12 Å². The van der Waals surface area contributed by atoms with Gasteiger partial charge in [-0.15, -0.1) is 0 Å². The van der Waals surface area contributed by atoms with Crippen LogP contribution in [-0.2, 0) is 27.2 Å². The number of aryl methyl sites for hydroxylation is 1. The van der Waals surface area contributed by atoms with Gasteiger partial charge < -0.3 is 25.0 Å². The highest BCUT2D eigenvalue weighted by molar-refractivity contribution is 6.43.